The molecule has 0 bridgehead atoms. The van der Waals surface area contributed by atoms with E-state index < -0.39 is 0 Å². The third-order valence-corrected chi connectivity index (χ3v) is 6.18. The largest absolute Gasteiger partial charge is 0.494 e. The maximum atomic E-state index is 9.75. The van der Waals surface area contributed by atoms with Crippen LogP contribution in [-0.2, 0) is 13.1 Å². The van der Waals surface area contributed by atoms with Crippen LogP contribution in [-0.4, -0.2) is 40.4 Å². The predicted octanol–water partition coefficient (Wildman–Crippen LogP) is 5.07. The van der Waals surface area contributed by atoms with Gasteiger partial charge in [-0.2, -0.15) is 0 Å². The molecule has 0 spiro atoms. The van der Waals surface area contributed by atoms with Gasteiger partial charge in [0, 0.05) is 36.2 Å². The zero-order chi connectivity index (χ0) is 20.9. The fraction of sp³-hybridized carbons (Fsp3) is 0.462. The number of hydrogen-bond donors (Lipinski definition) is 1. The van der Waals surface area contributed by atoms with Crippen molar-refractivity contribution >= 4 is 10.9 Å². The summed E-state index contributed by atoms with van der Waals surface area (Å²) in [6.07, 6.45) is 5.61. The van der Waals surface area contributed by atoms with Gasteiger partial charge >= 0.3 is 0 Å². The number of nitrogens with zero attached hydrogens (tertiary/aromatic N) is 2. The van der Waals surface area contributed by atoms with Crippen LogP contribution in [0.25, 0.3) is 10.9 Å². The molecule has 1 aliphatic heterocycles. The van der Waals surface area contributed by atoms with Crippen molar-refractivity contribution in [3.63, 3.8) is 0 Å². The normalized spacial score (nSPS) is 17.3. The molecular weight excluding hydrogens is 372 g/mol. The number of ether oxygens (including phenoxy) is 1. The van der Waals surface area contributed by atoms with Crippen LogP contribution >= 0.6 is 0 Å². The lowest BCUT2D eigenvalue weighted by Gasteiger charge is -2.22. The highest BCUT2D eigenvalue weighted by atomic mass is 16.5. The van der Waals surface area contributed by atoms with Crippen LogP contribution in [0.4, 0.5) is 0 Å². The Balaban J connectivity index is 1.64. The quantitative estimate of drug-likeness (QED) is 0.539. The van der Waals surface area contributed by atoms with E-state index in [0.29, 0.717) is 5.92 Å². The Morgan fingerprint density at radius 3 is 2.70 bits per heavy atom. The topological polar surface area (TPSA) is 37.6 Å². The van der Waals surface area contributed by atoms with Crippen molar-refractivity contribution in [3.05, 3.63) is 65.9 Å². The summed E-state index contributed by atoms with van der Waals surface area (Å²) in [6.45, 7) is 8.23. The summed E-state index contributed by atoms with van der Waals surface area (Å²) in [5.41, 5.74) is 3.85. The Morgan fingerprint density at radius 1 is 1.10 bits per heavy atom. The van der Waals surface area contributed by atoms with Crippen molar-refractivity contribution in [2.24, 2.45) is 5.92 Å². The number of likely N-dealkylation sites (tertiary alicyclic amines) is 1. The van der Waals surface area contributed by atoms with Crippen LogP contribution in [0, 0.1) is 5.92 Å². The van der Waals surface area contributed by atoms with Crippen LogP contribution in [0.1, 0.15) is 44.2 Å². The standard InChI is InChI=1S/C26H34N2O2/c1-20(2)12-14-30-24-10-11-26-25(15-24)22(17-27-13-6-9-23(27)19-29)18-28(26)16-21-7-4-3-5-8-21/h3-5,7-8,10-11,15,18,20,23,29H,6,9,12-14,16-17,19H2,1-2H3/t23-/m0/s1. The molecule has 4 rings (SSSR count). The summed E-state index contributed by atoms with van der Waals surface area (Å²) < 4.78 is 8.41. The zero-order valence-electron chi connectivity index (χ0n) is 18.3. The van der Waals surface area contributed by atoms with Gasteiger partial charge in [-0.05, 0) is 61.1 Å². The zero-order valence-corrected chi connectivity index (χ0v) is 18.3. The highest BCUT2D eigenvalue weighted by Gasteiger charge is 2.25. The average molecular weight is 407 g/mol. The van der Waals surface area contributed by atoms with Gasteiger partial charge in [-0.1, -0.05) is 44.2 Å². The molecule has 160 valence electrons. The van der Waals surface area contributed by atoms with Crippen molar-refractivity contribution in [1.82, 2.24) is 9.47 Å². The van der Waals surface area contributed by atoms with E-state index in [4.69, 9.17) is 4.74 Å². The van der Waals surface area contributed by atoms with Crippen LogP contribution in [0.15, 0.2) is 54.7 Å². The van der Waals surface area contributed by atoms with E-state index >= 15 is 0 Å². The van der Waals surface area contributed by atoms with E-state index in [9.17, 15) is 5.11 Å². The van der Waals surface area contributed by atoms with E-state index in [1.807, 2.05) is 0 Å². The summed E-state index contributed by atoms with van der Waals surface area (Å²) in [7, 11) is 0. The molecule has 0 aliphatic carbocycles. The van der Waals surface area contributed by atoms with Gasteiger partial charge in [-0.15, -0.1) is 0 Å². The van der Waals surface area contributed by atoms with Crippen LogP contribution < -0.4 is 4.74 Å². The van der Waals surface area contributed by atoms with E-state index in [0.717, 1.165) is 51.3 Å². The van der Waals surface area contributed by atoms with Gasteiger partial charge < -0.3 is 14.4 Å². The van der Waals surface area contributed by atoms with Gasteiger partial charge in [0.2, 0.25) is 0 Å². The Morgan fingerprint density at radius 2 is 1.93 bits per heavy atom. The van der Waals surface area contributed by atoms with E-state index in [2.05, 4.69) is 78.0 Å². The molecule has 1 atom stereocenters. The summed E-state index contributed by atoms with van der Waals surface area (Å²) in [5, 5.41) is 11.0. The number of aliphatic hydroxyl groups is 1. The Bertz CT molecular complexity index is 948. The molecule has 1 saturated heterocycles. The monoisotopic (exact) mass is 406 g/mol. The summed E-state index contributed by atoms with van der Waals surface area (Å²) in [5.74, 6) is 1.59. The number of rotatable bonds is 9. The molecule has 0 amide bonds. The number of aliphatic hydroxyl groups excluding tert-OH is 1. The van der Waals surface area contributed by atoms with Gasteiger partial charge in [-0.25, -0.2) is 0 Å². The Kier molecular flexibility index (Phi) is 6.76. The summed E-state index contributed by atoms with van der Waals surface area (Å²) >= 11 is 0. The fourth-order valence-corrected chi connectivity index (χ4v) is 4.42. The second-order valence-electron chi connectivity index (χ2n) is 8.93. The minimum Gasteiger partial charge on any atom is -0.494 e. The summed E-state index contributed by atoms with van der Waals surface area (Å²) in [4.78, 5) is 2.42. The molecule has 1 fully saturated rings. The molecule has 3 aromatic rings. The predicted molar refractivity (Wildman–Crippen MR) is 123 cm³/mol. The Hall–Kier alpha value is -2.30. The lowest BCUT2D eigenvalue weighted by molar-refractivity contribution is 0.154. The van der Waals surface area contributed by atoms with Crippen molar-refractivity contribution in [3.8, 4) is 5.75 Å². The Labute approximate surface area is 180 Å². The van der Waals surface area contributed by atoms with Gasteiger partial charge in [0.25, 0.3) is 0 Å². The number of hydrogen-bond acceptors (Lipinski definition) is 3. The molecule has 4 nitrogen and oxygen atoms in total. The van der Waals surface area contributed by atoms with Crippen molar-refractivity contribution in [2.45, 2.75) is 52.2 Å². The van der Waals surface area contributed by atoms with Crippen molar-refractivity contribution < 1.29 is 9.84 Å². The number of benzene rings is 2. The molecule has 2 aromatic carbocycles. The fourth-order valence-electron chi connectivity index (χ4n) is 4.42. The van der Waals surface area contributed by atoms with Crippen molar-refractivity contribution in [1.29, 1.82) is 0 Å². The third-order valence-electron chi connectivity index (χ3n) is 6.18. The minimum atomic E-state index is 0.242. The molecule has 1 aliphatic rings. The highest BCUT2D eigenvalue weighted by molar-refractivity contribution is 5.85. The van der Waals surface area contributed by atoms with Crippen LogP contribution in [0.2, 0.25) is 0 Å². The second kappa shape index (κ2) is 9.67. The minimum absolute atomic E-state index is 0.242. The van der Waals surface area contributed by atoms with Crippen molar-refractivity contribution in [2.75, 3.05) is 19.8 Å². The number of fused-ring (bicyclic) bond motifs is 1. The van der Waals surface area contributed by atoms with E-state index in [1.165, 1.54) is 22.0 Å². The maximum Gasteiger partial charge on any atom is 0.120 e. The SMILES string of the molecule is CC(C)CCOc1ccc2c(c1)c(CN1CCC[C@H]1CO)cn2Cc1ccccc1. The van der Waals surface area contributed by atoms with E-state index in [-0.39, 0.29) is 12.6 Å². The van der Waals surface area contributed by atoms with Gasteiger partial charge in [0.15, 0.2) is 0 Å². The first-order valence-electron chi connectivity index (χ1n) is 11.3. The van der Waals surface area contributed by atoms with E-state index in [1.54, 1.807) is 0 Å². The first-order chi connectivity index (χ1) is 14.6. The van der Waals surface area contributed by atoms with Gasteiger partial charge in [0.1, 0.15) is 5.75 Å². The van der Waals surface area contributed by atoms with Gasteiger partial charge in [0.05, 0.1) is 13.2 Å². The lowest BCUT2D eigenvalue weighted by Crippen LogP contribution is -2.31. The average Bonchev–Trinajstić information content (AvgIpc) is 3.33. The van der Waals surface area contributed by atoms with Crippen LogP contribution in [0.3, 0.4) is 0 Å². The molecule has 2 heterocycles. The maximum absolute atomic E-state index is 9.75. The summed E-state index contributed by atoms with van der Waals surface area (Å²) in [6, 6.07) is 17.4. The highest BCUT2D eigenvalue weighted by Crippen LogP contribution is 2.30. The van der Waals surface area contributed by atoms with Gasteiger partial charge in [-0.3, -0.25) is 4.90 Å². The number of aromatic nitrogens is 1. The molecule has 1 aromatic heterocycles. The second-order valence-corrected chi connectivity index (χ2v) is 8.93. The molecule has 0 saturated carbocycles. The first-order valence-corrected chi connectivity index (χ1v) is 11.3. The lowest BCUT2D eigenvalue weighted by atomic mass is 10.1. The smallest absolute Gasteiger partial charge is 0.120 e. The molecule has 4 heteroatoms. The molecule has 1 N–H and O–H groups in total. The molecule has 0 radical (unpaired) electrons. The first kappa shape index (κ1) is 21.0. The molecule has 30 heavy (non-hydrogen) atoms. The molecular formula is C26H34N2O2. The third kappa shape index (κ3) is 4.88. The molecule has 0 unspecified atom stereocenters. The van der Waals surface area contributed by atoms with Crippen LogP contribution in [0.5, 0.6) is 5.75 Å².